The van der Waals surface area contributed by atoms with Crippen LogP contribution in [0.5, 0.6) is 11.5 Å². The van der Waals surface area contributed by atoms with Crippen LogP contribution in [0, 0.1) is 6.92 Å². The van der Waals surface area contributed by atoms with Crippen molar-refractivity contribution in [2.75, 3.05) is 19.8 Å². The minimum Gasteiger partial charge on any atom is -0.490 e. The van der Waals surface area contributed by atoms with Crippen molar-refractivity contribution in [1.29, 1.82) is 0 Å². The zero-order chi connectivity index (χ0) is 30.5. The van der Waals surface area contributed by atoms with Gasteiger partial charge in [0.05, 0.1) is 28.5 Å². The Morgan fingerprint density at radius 1 is 1.00 bits per heavy atom. The molecule has 222 valence electrons. The molecule has 8 heteroatoms. The van der Waals surface area contributed by atoms with Crippen LogP contribution in [0.3, 0.4) is 0 Å². The van der Waals surface area contributed by atoms with Gasteiger partial charge >= 0.3 is 5.97 Å². The van der Waals surface area contributed by atoms with Gasteiger partial charge in [0, 0.05) is 0 Å². The van der Waals surface area contributed by atoms with Crippen LogP contribution < -0.4 is 24.4 Å². The lowest BCUT2D eigenvalue weighted by atomic mass is 9.96. The van der Waals surface area contributed by atoms with Gasteiger partial charge in [0.2, 0.25) is 0 Å². The average molecular weight is 597 g/mol. The second-order valence-electron chi connectivity index (χ2n) is 10.7. The van der Waals surface area contributed by atoms with E-state index in [1.807, 2.05) is 60.7 Å². The number of benzene rings is 3. The van der Waals surface area contributed by atoms with Gasteiger partial charge in [-0.15, -0.1) is 0 Å². The van der Waals surface area contributed by atoms with Crippen LogP contribution in [0.4, 0.5) is 0 Å². The van der Waals surface area contributed by atoms with Crippen molar-refractivity contribution in [2.45, 2.75) is 46.6 Å². The van der Waals surface area contributed by atoms with Gasteiger partial charge in [-0.3, -0.25) is 9.36 Å². The Hall–Kier alpha value is -4.43. The van der Waals surface area contributed by atoms with Crippen molar-refractivity contribution < 1.29 is 19.0 Å². The summed E-state index contributed by atoms with van der Waals surface area (Å²) in [5, 5.41) is 0. The molecule has 1 atom stereocenters. The highest BCUT2D eigenvalue weighted by molar-refractivity contribution is 7.07. The van der Waals surface area contributed by atoms with Gasteiger partial charge in [-0.05, 0) is 73.2 Å². The number of carbonyl (C=O) groups excluding carboxylic acids is 1. The normalized spacial score (nSPS) is 14.8. The van der Waals surface area contributed by atoms with Crippen molar-refractivity contribution in [3.8, 4) is 11.5 Å². The number of allylic oxidation sites excluding steroid dienone is 1. The summed E-state index contributed by atoms with van der Waals surface area (Å²) in [6.07, 6.45) is 1.84. The highest BCUT2D eigenvalue weighted by atomic mass is 32.1. The third-order valence-corrected chi connectivity index (χ3v) is 8.19. The van der Waals surface area contributed by atoms with Crippen molar-refractivity contribution in [3.63, 3.8) is 0 Å². The molecule has 3 aromatic carbocycles. The summed E-state index contributed by atoms with van der Waals surface area (Å²) in [5.41, 5.74) is 4.74. The van der Waals surface area contributed by atoms with Crippen LogP contribution in [-0.2, 0) is 9.53 Å². The first-order chi connectivity index (χ1) is 20.8. The summed E-state index contributed by atoms with van der Waals surface area (Å²) in [6, 6.07) is 22.8. The van der Waals surface area contributed by atoms with Gasteiger partial charge in [0.1, 0.15) is 24.7 Å². The van der Waals surface area contributed by atoms with Crippen molar-refractivity contribution in [3.05, 3.63) is 126 Å². The zero-order valence-electron chi connectivity index (χ0n) is 25.1. The smallest absolute Gasteiger partial charge is 0.338 e. The molecule has 7 nitrogen and oxygen atoms in total. The molecule has 0 fully saturated rings. The number of rotatable bonds is 10. The average Bonchev–Trinajstić information content (AvgIpc) is 3.29. The number of aromatic nitrogens is 1. The Bertz CT molecular complexity index is 1820. The van der Waals surface area contributed by atoms with Gasteiger partial charge in [0.15, 0.2) is 4.80 Å². The van der Waals surface area contributed by atoms with Crippen molar-refractivity contribution in [1.82, 2.24) is 4.57 Å². The molecule has 0 aliphatic carbocycles. The molecule has 0 radical (unpaired) electrons. The number of hydrogen-bond acceptors (Lipinski definition) is 7. The predicted molar refractivity (Wildman–Crippen MR) is 170 cm³/mol. The fourth-order valence-electron chi connectivity index (χ4n) is 5.11. The minimum absolute atomic E-state index is 0.207. The van der Waals surface area contributed by atoms with Gasteiger partial charge in [-0.1, -0.05) is 79.8 Å². The Balaban J connectivity index is 1.34. The largest absolute Gasteiger partial charge is 0.490 e. The van der Waals surface area contributed by atoms with Crippen LogP contribution in [0.1, 0.15) is 61.9 Å². The van der Waals surface area contributed by atoms with E-state index in [9.17, 15) is 9.59 Å². The molecule has 1 aromatic heterocycles. The molecule has 43 heavy (non-hydrogen) atoms. The van der Waals surface area contributed by atoms with E-state index in [0.29, 0.717) is 45.5 Å². The Morgan fingerprint density at radius 3 is 2.42 bits per heavy atom. The Kier molecular flexibility index (Phi) is 9.26. The minimum atomic E-state index is -0.618. The Labute approximate surface area is 255 Å². The molecule has 0 unspecified atom stereocenters. The van der Waals surface area contributed by atoms with Crippen molar-refractivity contribution >= 4 is 23.4 Å². The summed E-state index contributed by atoms with van der Waals surface area (Å²) < 4.78 is 19.4. The summed E-state index contributed by atoms with van der Waals surface area (Å²) >= 11 is 1.30. The molecule has 0 amide bonds. The highest BCUT2D eigenvalue weighted by Gasteiger charge is 2.33. The van der Waals surface area contributed by atoms with E-state index in [-0.39, 0.29) is 12.2 Å². The first kappa shape index (κ1) is 30.0. The zero-order valence-corrected chi connectivity index (χ0v) is 25.9. The van der Waals surface area contributed by atoms with Crippen LogP contribution in [0.2, 0.25) is 0 Å². The molecule has 2 heterocycles. The van der Waals surface area contributed by atoms with E-state index in [2.05, 4.69) is 44.0 Å². The van der Waals surface area contributed by atoms with E-state index in [1.165, 1.54) is 16.9 Å². The molecule has 4 aromatic rings. The molecule has 0 saturated carbocycles. The topological polar surface area (TPSA) is 79.1 Å². The third-order valence-electron chi connectivity index (χ3n) is 7.21. The molecule has 1 aliphatic rings. The lowest BCUT2D eigenvalue weighted by Gasteiger charge is -2.24. The number of aryl methyl sites for hydroxylation is 1. The lowest BCUT2D eigenvalue weighted by molar-refractivity contribution is -0.139. The molecule has 1 aliphatic heterocycles. The highest BCUT2D eigenvalue weighted by Crippen LogP contribution is 2.31. The van der Waals surface area contributed by atoms with Gasteiger partial charge in [-0.2, -0.15) is 0 Å². The summed E-state index contributed by atoms with van der Waals surface area (Å²) in [5.74, 6) is 1.52. The summed E-state index contributed by atoms with van der Waals surface area (Å²) in [4.78, 5) is 31.9. The summed E-state index contributed by atoms with van der Waals surface area (Å²) in [7, 11) is 0. The number of hydrogen-bond donors (Lipinski definition) is 0. The number of nitrogens with zero attached hydrogens (tertiary/aromatic N) is 2. The van der Waals surface area contributed by atoms with E-state index >= 15 is 0 Å². The van der Waals surface area contributed by atoms with Crippen molar-refractivity contribution in [2.24, 2.45) is 4.99 Å². The first-order valence-electron chi connectivity index (χ1n) is 14.5. The van der Waals surface area contributed by atoms with E-state index in [1.54, 1.807) is 18.4 Å². The third kappa shape index (κ3) is 6.65. The van der Waals surface area contributed by atoms with Crippen LogP contribution >= 0.6 is 11.3 Å². The molecule has 0 bridgehead atoms. The fourth-order valence-corrected chi connectivity index (χ4v) is 6.16. The number of thiazole rings is 1. The fraction of sp³-hybridized carbons (Fsp3) is 0.286. The van der Waals surface area contributed by atoms with E-state index in [4.69, 9.17) is 14.2 Å². The Morgan fingerprint density at radius 2 is 1.72 bits per heavy atom. The quantitative estimate of drug-likeness (QED) is 0.174. The number of carbonyl (C=O) groups is 1. The van der Waals surface area contributed by atoms with E-state index in [0.717, 1.165) is 22.4 Å². The molecule has 0 spiro atoms. The van der Waals surface area contributed by atoms with Gasteiger partial charge < -0.3 is 14.2 Å². The second kappa shape index (κ2) is 13.3. The van der Waals surface area contributed by atoms with Gasteiger partial charge in [-0.25, -0.2) is 9.79 Å². The first-order valence-corrected chi connectivity index (χ1v) is 15.3. The summed E-state index contributed by atoms with van der Waals surface area (Å²) in [6.45, 7) is 11.0. The number of ether oxygens (including phenoxy) is 3. The van der Waals surface area contributed by atoms with Gasteiger partial charge in [0.25, 0.3) is 5.56 Å². The maximum atomic E-state index is 13.7. The van der Waals surface area contributed by atoms with Crippen LogP contribution in [0.15, 0.2) is 93.9 Å². The lowest BCUT2D eigenvalue weighted by Crippen LogP contribution is -2.39. The number of fused-ring (bicyclic) bond motifs is 1. The molecule has 0 saturated heterocycles. The van der Waals surface area contributed by atoms with Crippen LogP contribution in [0.25, 0.3) is 6.08 Å². The van der Waals surface area contributed by atoms with E-state index < -0.39 is 12.0 Å². The predicted octanol–water partition coefficient (Wildman–Crippen LogP) is 5.69. The number of esters is 1. The second-order valence-corrected chi connectivity index (χ2v) is 11.7. The van der Waals surface area contributed by atoms with Crippen LogP contribution in [-0.4, -0.2) is 30.4 Å². The molecule has 5 rings (SSSR count). The molecular formula is C35H36N2O5S. The molecule has 0 N–H and O–H groups in total. The standard InChI is InChI=1S/C35H36N2O5S/c1-6-40-34(39)31-24(5)36-35-37(32(31)26-10-8-7-9-11-26)33(38)30(43-35)21-25-13-15-27(16-14-25)41-18-19-42-29-20-23(4)12-17-28(29)22(2)3/h7-17,20-22,32H,6,18-19H2,1-5H3/t32-/m1/s1. The SMILES string of the molecule is CCOC(=O)C1=C(C)N=c2sc(=Cc3ccc(OCCOc4cc(C)ccc4C(C)C)cc3)c(=O)n2[C@@H]1c1ccccc1. The maximum absolute atomic E-state index is 13.7. The monoisotopic (exact) mass is 596 g/mol. The molecular weight excluding hydrogens is 560 g/mol. The maximum Gasteiger partial charge on any atom is 0.338 e.